The van der Waals surface area contributed by atoms with Gasteiger partial charge in [0.05, 0.1) is 18.4 Å². The highest BCUT2D eigenvalue weighted by Gasteiger charge is 2.23. The van der Waals surface area contributed by atoms with Crippen molar-refractivity contribution in [2.24, 2.45) is 0 Å². The van der Waals surface area contributed by atoms with Crippen molar-refractivity contribution in [2.45, 2.75) is 44.0 Å². The van der Waals surface area contributed by atoms with Crippen LogP contribution in [0.5, 0.6) is 0 Å². The lowest BCUT2D eigenvalue weighted by Crippen LogP contribution is -2.45. The van der Waals surface area contributed by atoms with Crippen LogP contribution in [-0.4, -0.2) is 56.3 Å². The van der Waals surface area contributed by atoms with Crippen molar-refractivity contribution < 1.29 is 0 Å². The van der Waals surface area contributed by atoms with E-state index in [-0.39, 0.29) is 5.56 Å². The van der Waals surface area contributed by atoms with E-state index in [4.69, 9.17) is 0 Å². The van der Waals surface area contributed by atoms with Gasteiger partial charge in [-0.2, -0.15) is 22.0 Å². The topological polar surface area (TPSA) is 75.9 Å². The Kier molecular flexibility index (Phi) is 6.18. The zero-order chi connectivity index (χ0) is 21.0. The predicted molar refractivity (Wildman–Crippen MR) is 126 cm³/mol. The van der Waals surface area contributed by atoms with Crippen LogP contribution in [-0.2, 0) is 18.7 Å². The first-order chi connectivity index (χ1) is 15.3. The maximum atomic E-state index is 12.5. The molecule has 0 bridgehead atoms. The molecule has 0 spiro atoms. The molecule has 4 heterocycles. The number of rotatable bonds is 6. The van der Waals surface area contributed by atoms with Crippen LogP contribution >= 0.6 is 11.8 Å². The third-order valence-corrected chi connectivity index (χ3v) is 7.34. The lowest BCUT2D eigenvalue weighted by Gasteiger charge is -2.36. The number of hydrogen-bond acceptors (Lipinski definition) is 7. The summed E-state index contributed by atoms with van der Waals surface area (Å²) in [7, 11) is 0. The van der Waals surface area contributed by atoms with Gasteiger partial charge in [-0.05, 0) is 30.7 Å². The highest BCUT2D eigenvalue weighted by molar-refractivity contribution is 7.98. The lowest BCUT2D eigenvalue weighted by atomic mass is 10.0. The van der Waals surface area contributed by atoms with Crippen molar-refractivity contribution in [1.82, 2.24) is 24.9 Å². The van der Waals surface area contributed by atoms with Crippen LogP contribution in [0.2, 0.25) is 0 Å². The molecule has 0 aliphatic carbocycles. The van der Waals surface area contributed by atoms with Gasteiger partial charge in [0.1, 0.15) is 0 Å². The van der Waals surface area contributed by atoms with Crippen LogP contribution in [0.25, 0.3) is 10.8 Å². The molecule has 7 nitrogen and oxygen atoms in total. The smallest absolute Gasteiger partial charge is 0.267 e. The normalized spacial score (nSPS) is 19.3. The summed E-state index contributed by atoms with van der Waals surface area (Å²) in [5.41, 5.74) is 2.25. The Morgan fingerprint density at radius 3 is 3.10 bits per heavy atom. The van der Waals surface area contributed by atoms with Gasteiger partial charge in [-0.3, -0.25) is 9.69 Å². The van der Waals surface area contributed by atoms with Gasteiger partial charge in [-0.15, -0.1) is 5.10 Å². The number of aryl methyl sites for hydroxylation is 1. The zero-order valence-electron chi connectivity index (χ0n) is 17.7. The molecule has 1 saturated heterocycles. The summed E-state index contributed by atoms with van der Waals surface area (Å²) in [4.78, 5) is 15.0. The fourth-order valence-corrected chi connectivity index (χ4v) is 5.55. The van der Waals surface area contributed by atoms with Gasteiger partial charge in [-0.1, -0.05) is 30.7 Å². The number of fused-ring (bicyclic) bond motifs is 2. The molecule has 1 N–H and O–H groups in total. The SMILES string of the molecule is O=c1cc2c(nn1CCN1CCCCC1CNc1nncc3ccccc13)CCSC2. The Labute approximate surface area is 186 Å². The number of benzene rings is 1. The minimum absolute atomic E-state index is 0.0268. The molecule has 1 aromatic carbocycles. The number of aromatic nitrogens is 4. The van der Waals surface area contributed by atoms with Gasteiger partial charge < -0.3 is 5.32 Å². The number of likely N-dealkylation sites (tertiary alicyclic amines) is 1. The fraction of sp³-hybridized carbons (Fsp3) is 0.478. The monoisotopic (exact) mass is 436 g/mol. The third kappa shape index (κ3) is 4.60. The lowest BCUT2D eigenvalue weighted by molar-refractivity contribution is 0.148. The molecule has 1 fully saturated rings. The van der Waals surface area contributed by atoms with Crippen LogP contribution in [0.3, 0.4) is 0 Å². The molecule has 0 radical (unpaired) electrons. The van der Waals surface area contributed by atoms with E-state index in [1.165, 1.54) is 12.8 Å². The summed E-state index contributed by atoms with van der Waals surface area (Å²) < 4.78 is 1.67. The van der Waals surface area contributed by atoms with Crippen molar-refractivity contribution in [3.63, 3.8) is 0 Å². The third-order valence-electron chi connectivity index (χ3n) is 6.33. The van der Waals surface area contributed by atoms with E-state index in [0.717, 1.165) is 71.8 Å². The molecule has 2 aromatic heterocycles. The summed E-state index contributed by atoms with van der Waals surface area (Å²) >= 11 is 1.88. The molecule has 0 saturated carbocycles. The molecular formula is C23H28N6OS. The number of nitrogens with one attached hydrogen (secondary N) is 1. The molecule has 31 heavy (non-hydrogen) atoms. The van der Waals surface area contributed by atoms with E-state index in [2.05, 4.69) is 37.6 Å². The van der Waals surface area contributed by atoms with Crippen molar-refractivity contribution in [2.75, 3.05) is 30.7 Å². The minimum atomic E-state index is 0.0268. The molecule has 1 atom stereocenters. The second kappa shape index (κ2) is 9.36. The van der Waals surface area contributed by atoms with Gasteiger partial charge in [0, 0.05) is 48.1 Å². The van der Waals surface area contributed by atoms with Gasteiger partial charge in [0.25, 0.3) is 5.56 Å². The number of piperidine rings is 1. The summed E-state index contributed by atoms with van der Waals surface area (Å²) in [5, 5.41) is 18.9. The fourth-order valence-electron chi connectivity index (χ4n) is 4.59. The summed E-state index contributed by atoms with van der Waals surface area (Å²) in [5.74, 6) is 2.85. The summed E-state index contributed by atoms with van der Waals surface area (Å²) in [6.45, 7) is 3.37. The molecule has 162 valence electrons. The van der Waals surface area contributed by atoms with Gasteiger partial charge in [0.15, 0.2) is 5.82 Å². The van der Waals surface area contributed by atoms with Crippen molar-refractivity contribution in [3.8, 4) is 0 Å². The average molecular weight is 437 g/mol. The molecule has 0 amide bonds. The average Bonchev–Trinajstić information content (AvgIpc) is 2.82. The van der Waals surface area contributed by atoms with E-state index >= 15 is 0 Å². The number of hydrogen-bond donors (Lipinski definition) is 1. The Morgan fingerprint density at radius 1 is 1.19 bits per heavy atom. The zero-order valence-corrected chi connectivity index (χ0v) is 18.5. The number of anilines is 1. The molecule has 5 rings (SSSR count). The van der Waals surface area contributed by atoms with E-state index < -0.39 is 0 Å². The highest BCUT2D eigenvalue weighted by atomic mass is 32.2. The Balaban J connectivity index is 1.25. The minimum Gasteiger partial charge on any atom is -0.366 e. The molecule has 1 unspecified atom stereocenters. The van der Waals surface area contributed by atoms with E-state index in [0.29, 0.717) is 12.6 Å². The molecule has 2 aliphatic heterocycles. The number of thioether (sulfide) groups is 1. The Bertz CT molecular complexity index is 1110. The Hall–Kier alpha value is -2.45. The second-order valence-corrected chi connectivity index (χ2v) is 9.43. The maximum Gasteiger partial charge on any atom is 0.267 e. The van der Waals surface area contributed by atoms with E-state index in [1.807, 2.05) is 23.9 Å². The summed E-state index contributed by atoms with van der Waals surface area (Å²) in [6, 6.07) is 10.4. The van der Waals surface area contributed by atoms with E-state index in [9.17, 15) is 4.79 Å². The standard InChI is InChI=1S/C23H28N6OS/c30-22-13-18-16-31-12-8-21(18)27-29(22)11-10-28-9-4-3-6-19(28)15-24-23-20-7-2-1-5-17(20)14-25-26-23/h1-2,5,7,13-14,19H,3-4,6,8-12,15-16H2,(H,24,26). The maximum absolute atomic E-state index is 12.5. The largest absolute Gasteiger partial charge is 0.366 e. The Morgan fingerprint density at radius 2 is 2.13 bits per heavy atom. The predicted octanol–water partition coefficient (Wildman–Crippen LogP) is 2.94. The van der Waals surface area contributed by atoms with Gasteiger partial charge >= 0.3 is 0 Å². The van der Waals surface area contributed by atoms with Crippen LogP contribution in [0, 0.1) is 0 Å². The second-order valence-electron chi connectivity index (χ2n) is 8.33. The van der Waals surface area contributed by atoms with Crippen LogP contribution in [0.15, 0.2) is 41.3 Å². The van der Waals surface area contributed by atoms with Crippen LogP contribution in [0.4, 0.5) is 5.82 Å². The van der Waals surface area contributed by atoms with E-state index in [1.54, 1.807) is 16.9 Å². The van der Waals surface area contributed by atoms with Gasteiger partial charge in [0.2, 0.25) is 0 Å². The molecule has 3 aromatic rings. The first-order valence-corrected chi connectivity index (χ1v) is 12.3. The summed E-state index contributed by atoms with van der Waals surface area (Å²) in [6.07, 6.45) is 6.35. The van der Waals surface area contributed by atoms with Crippen molar-refractivity contribution in [3.05, 3.63) is 58.1 Å². The van der Waals surface area contributed by atoms with Gasteiger partial charge in [-0.25, -0.2) is 4.68 Å². The molecule has 2 aliphatic rings. The quantitative estimate of drug-likeness (QED) is 0.637. The number of nitrogens with zero attached hydrogens (tertiary/aromatic N) is 5. The molecule has 8 heteroatoms. The van der Waals surface area contributed by atoms with Crippen LogP contribution < -0.4 is 10.9 Å². The first kappa shape index (κ1) is 20.5. The van der Waals surface area contributed by atoms with Crippen molar-refractivity contribution in [1.29, 1.82) is 0 Å². The van der Waals surface area contributed by atoms with Crippen molar-refractivity contribution >= 4 is 28.4 Å². The highest BCUT2D eigenvalue weighted by Crippen LogP contribution is 2.23. The molecular weight excluding hydrogens is 408 g/mol. The first-order valence-electron chi connectivity index (χ1n) is 11.1. The van der Waals surface area contributed by atoms with Crippen LogP contribution in [0.1, 0.15) is 30.5 Å².